The molecule has 0 amide bonds. The quantitative estimate of drug-likeness (QED) is 0.337. The molecule has 0 radical (unpaired) electrons. The van der Waals surface area contributed by atoms with Gasteiger partial charge in [0.2, 0.25) is 0 Å². The van der Waals surface area contributed by atoms with E-state index in [2.05, 4.69) is 0 Å². The molecule has 1 saturated heterocycles. The summed E-state index contributed by atoms with van der Waals surface area (Å²) < 4.78 is 5.56. The molecule has 0 spiro atoms. The van der Waals surface area contributed by atoms with Crippen LogP contribution < -0.4 is 0 Å². The third-order valence-corrected chi connectivity index (χ3v) is 8.59. The fraction of sp³-hybridized carbons (Fsp3) is 0.850. The standard InChI is InChI=1S/C20H30O7/c1-10-5-6-17(23)16(4)8-14(22)27-15(10)20(17,26)19(25)12(3)13(11(2)9-21)7-18(16,19)24/h10-11,15,21,23-26H,5-9H2,1-4H3/t10?,11?,15-,16+,17-,18-,19-,20-/m1/s1. The SMILES string of the molecule is CC1=C(C(C)CO)C[C@@]2(O)[C@@]3(C)CC(=O)O[C@@H]4C(C)CC[C@]3(O)[C@@]4(O)[C@@]12O. The first-order valence-corrected chi connectivity index (χ1v) is 9.75. The highest BCUT2D eigenvalue weighted by atomic mass is 16.6. The van der Waals surface area contributed by atoms with Gasteiger partial charge in [-0.2, -0.15) is 0 Å². The number of aliphatic hydroxyl groups excluding tert-OH is 1. The first kappa shape index (κ1) is 19.3. The molecule has 1 aliphatic heterocycles. The molecule has 4 bridgehead atoms. The number of esters is 1. The number of hydrogen-bond donors (Lipinski definition) is 5. The molecule has 3 aliphatic carbocycles. The van der Waals surface area contributed by atoms with Gasteiger partial charge in [-0.05, 0) is 31.3 Å². The summed E-state index contributed by atoms with van der Waals surface area (Å²) in [4.78, 5) is 12.5. The number of ether oxygens (including phenoxy) is 1. The van der Waals surface area contributed by atoms with Gasteiger partial charge in [0.1, 0.15) is 17.3 Å². The lowest BCUT2D eigenvalue weighted by Gasteiger charge is -2.54. The molecular weight excluding hydrogens is 352 g/mol. The lowest BCUT2D eigenvalue weighted by molar-refractivity contribution is -0.283. The van der Waals surface area contributed by atoms with Crippen LogP contribution in [0.25, 0.3) is 0 Å². The van der Waals surface area contributed by atoms with Crippen LogP contribution in [0, 0.1) is 17.3 Å². The summed E-state index contributed by atoms with van der Waals surface area (Å²) in [5, 5.41) is 57.3. The fourth-order valence-electron chi connectivity index (χ4n) is 6.86. The minimum absolute atomic E-state index is 0.0213. The highest BCUT2D eigenvalue weighted by molar-refractivity contribution is 5.74. The Morgan fingerprint density at radius 1 is 1.19 bits per heavy atom. The summed E-state index contributed by atoms with van der Waals surface area (Å²) in [6, 6.07) is 0. The molecule has 152 valence electrons. The van der Waals surface area contributed by atoms with Gasteiger partial charge in [-0.3, -0.25) is 4.79 Å². The van der Waals surface area contributed by atoms with Gasteiger partial charge in [-0.1, -0.05) is 26.3 Å². The number of fused-ring (bicyclic) bond motifs is 2. The van der Waals surface area contributed by atoms with Crippen LogP contribution in [-0.4, -0.2) is 66.6 Å². The fourth-order valence-corrected chi connectivity index (χ4v) is 6.86. The average Bonchev–Trinajstić information content (AvgIpc) is 2.85. The van der Waals surface area contributed by atoms with Crippen molar-refractivity contribution in [2.45, 2.75) is 81.9 Å². The second-order valence-corrected chi connectivity index (χ2v) is 9.54. The van der Waals surface area contributed by atoms with E-state index in [0.717, 1.165) is 0 Å². The van der Waals surface area contributed by atoms with E-state index < -0.39 is 39.9 Å². The summed E-state index contributed by atoms with van der Waals surface area (Å²) in [6.07, 6.45) is -0.810. The van der Waals surface area contributed by atoms with E-state index in [4.69, 9.17) is 4.74 Å². The van der Waals surface area contributed by atoms with E-state index >= 15 is 0 Å². The van der Waals surface area contributed by atoms with E-state index in [1.165, 1.54) is 0 Å². The minimum atomic E-state index is -2.24. The maximum Gasteiger partial charge on any atom is 0.306 e. The van der Waals surface area contributed by atoms with Crippen molar-refractivity contribution in [3.05, 3.63) is 11.1 Å². The zero-order valence-electron chi connectivity index (χ0n) is 16.3. The Hall–Kier alpha value is -0.990. The van der Waals surface area contributed by atoms with Gasteiger partial charge < -0.3 is 30.3 Å². The Labute approximate surface area is 158 Å². The third kappa shape index (κ3) is 1.63. The first-order valence-electron chi connectivity index (χ1n) is 9.75. The molecule has 5 N–H and O–H groups in total. The molecule has 4 rings (SSSR count). The molecule has 2 unspecified atom stereocenters. The molecule has 3 fully saturated rings. The van der Waals surface area contributed by atoms with Crippen molar-refractivity contribution in [2.24, 2.45) is 17.3 Å². The Morgan fingerprint density at radius 3 is 2.41 bits per heavy atom. The van der Waals surface area contributed by atoms with Crippen molar-refractivity contribution >= 4 is 5.97 Å². The van der Waals surface area contributed by atoms with Gasteiger partial charge in [-0.15, -0.1) is 0 Å². The van der Waals surface area contributed by atoms with Crippen LogP contribution in [0.2, 0.25) is 0 Å². The average molecular weight is 382 g/mol. The summed E-state index contributed by atoms with van der Waals surface area (Å²) >= 11 is 0. The summed E-state index contributed by atoms with van der Waals surface area (Å²) in [7, 11) is 0. The number of rotatable bonds is 2. The number of carbonyl (C=O) groups is 1. The maximum absolute atomic E-state index is 12.5. The van der Waals surface area contributed by atoms with Crippen LogP contribution in [0.15, 0.2) is 11.1 Å². The van der Waals surface area contributed by atoms with Crippen molar-refractivity contribution in [1.82, 2.24) is 0 Å². The van der Waals surface area contributed by atoms with Crippen molar-refractivity contribution < 1.29 is 35.1 Å². The number of carbonyl (C=O) groups excluding carboxylic acids is 1. The van der Waals surface area contributed by atoms with E-state index in [0.29, 0.717) is 17.6 Å². The zero-order valence-corrected chi connectivity index (χ0v) is 16.3. The van der Waals surface area contributed by atoms with Crippen LogP contribution >= 0.6 is 0 Å². The predicted octanol–water partition coefficient (Wildman–Crippen LogP) is 0.0247. The molecule has 2 saturated carbocycles. The van der Waals surface area contributed by atoms with Gasteiger partial charge in [-0.25, -0.2) is 0 Å². The third-order valence-electron chi connectivity index (χ3n) is 8.59. The molecule has 1 heterocycles. The molecule has 0 aromatic heterocycles. The Morgan fingerprint density at radius 2 is 1.81 bits per heavy atom. The maximum atomic E-state index is 12.5. The monoisotopic (exact) mass is 382 g/mol. The van der Waals surface area contributed by atoms with E-state index in [9.17, 15) is 30.3 Å². The molecular formula is C20H30O7. The molecule has 8 atom stereocenters. The summed E-state index contributed by atoms with van der Waals surface area (Å²) in [6.45, 7) is 6.61. The smallest absolute Gasteiger partial charge is 0.306 e. The van der Waals surface area contributed by atoms with E-state index in [1.807, 2.05) is 6.92 Å². The summed E-state index contributed by atoms with van der Waals surface area (Å²) in [5.74, 6) is -1.22. The Bertz CT molecular complexity index is 749. The largest absolute Gasteiger partial charge is 0.459 e. The predicted molar refractivity (Wildman–Crippen MR) is 94.4 cm³/mol. The van der Waals surface area contributed by atoms with Gasteiger partial charge in [0, 0.05) is 24.4 Å². The summed E-state index contributed by atoms with van der Waals surface area (Å²) in [5.41, 5.74) is -8.76. The van der Waals surface area contributed by atoms with Crippen LogP contribution in [0.5, 0.6) is 0 Å². The van der Waals surface area contributed by atoms with E-state index in [-0.39, 0.29) is 37.7 Å². The highest BCUT2D eigenvalue weighted by Gasteiger charge is 2.92. The lowest BCUT2D eigenvalue weighted by Crippen LogP contribution is -2.74. The molecule has 4 aliphatic rings. The highest BCUT2D eigenvalue weighted by Crippen LogP contribution is 2.75. The van der Waals surface area contributed by atoms with Crippen molar-refractivity contribution in [3.8, 4) is 0 Å². The second kappa shape index (κ2) is 5.13. The van der Waals surface area contributed by atoms with Crippen molar-refractivity contribution in [2.75, 3.05) is 6.61 Å². The molecule has 27 heavy (non-hydrogen) atoms. The van der Waals surface area contributed by atoms with Gasteiger partial charge >= 0.3 is 5.97 Å². The normalized spacial score (nSPS) is 55.2. The van der Waals surface area contributed by atoms with Gasteiger partial charge in [0.25, 0.3) is 0 Å². The van der Waals surface area contributed by atoms with Crippen LogP contribution in [0.1, 0.15) is 53.4 Å². The topological polar surface area (TPSA) is 127 Å². The van der Waals surface area contributed by atoms with Crippen molar-refractivity contribution in [3.63, 3.8) is 0 Å². The Kier molecular flexibility index (Phi) is 3.67. The lowest BCUT2D eigenvalue weighted by atomic mass is 9.57. The molecule has 7 nitrogen and oxygen atoms in total. The number of hydrogen-bond acceptors (Lipinski definition) is 7. The molecule has 0 aromatic carbocycles. The molecule has 7 heteroatoms. The second-order valence-electron chi connectivity index (χ2n) is 9.54. The van der Waals surface area contributed by atoms with Gasteiger partial charge in [0.05, 0.1) is 6.42 Å². The Balaban J connectivity index is 2.07. The van der Waals surface area contributed by atoms with Crippen LogP contribution in [0.4, 0.5) is 0 Å². The van der Waals surface area contributed by atoms with Crippen LogP contribution in [-0.2, 0) is 9.53 Å². The minimum Gasteiger partial charge on any atom is -0.459 e. The molecule has 0 aromatic rings. The zero-order chi connectivity index (χ0) is 20.2. The van der Waals surface area contributed by atoms with Crippen LogP contribution in [0.3, 0.4) is 0 Å². The number of aliphatic hydroxyl groups is 5. The van der Waals surface area contributed by atoms with E-state index in [1.54, 1.807) is 20.8 Å². The first-order chi connectivity index (χ1) is 12.4. The van der Waals surface area contributed by atoms with Crippen molar-refractivity contribution in [1.29, 1.82) is 0 Å². The van der Waals surface area contributed by atoms with Gasteiger partial charge in [0.15, 0.2) is 11.2 Å².